The first kappa shape index (κ1) is 16.6. The van der Waals surface area contributed by atoms with Crippen molar-refractivity contribution in [2.45, 2.75) is 31.7 Å². The van der Waals surface area contributed by atoms with Crippen LogP contribution in [0.15, 0.2) is 34.8 Å². The van der Waals surface area contributed by atoms with E-state index in [9.17, 15) is 9.70 Å². The summed E-state index contributed by atoms with van der Waals surface area (Å²) in [4.78, 5) is 24.3. The van der Waals surface area contributed by atoms with Crippen LogP contribution in [-0.4, -0.2) is 19.6 Å². The highest BCUT2D eigenvalue weighted by Gasteiger charge is 2.27. The second-order valence-corrected chi connectivity index (χ2v) is 6.77. The van der Waals surface area contributed by atoms with Gasteiger partial charge in [-0.1, -0.05) is 17.3 Å². The first-order valence-corrected chi connectivity index (χ1v) is 8.94. The quantitative estimate of drug-likeness (QED) is 0.809. The van der Waals surface area contributed by atoms with Gasteiger partial charge in [-0.2, -0.15) is 4.91 Å². The number of fused-ring (bicyclic) bond motifs is 1. The molecule has 1 aliphatic rings. The third-order valence-electron chi connectivity index (χ3n) is 4.34. The van der Waals surface area contributed by atoms with Crippen LogP contribution in [0.5, 0.6) is 5.75 Å². The fourth-order valence-corrected chi connectivity index (χ4v) is 4.24. The maximum absolute atomic E-state index is 12.4. The molecule has 0 bridgehead atoms. The van der Waals surface area contributed by atoms with E-state index >= 15 is 0 Å². The SMILES string of the molecule is COc1cccc(CCNC(=O)c2csc3c2CCCC3N=O)c1. The van der Waals surface area contributed by atoms with Crippen molar-refractivity contribution in [3.63, 3.8) is 0 Å². The van der Waals surface area contributed by atoms with Crippen LogP contribution in [0.4, 0.5) is 0 Å². The molecule has 0 radical (unpaired) electrons. The number of hydrogen-bond acceptors (Lipinski definition) is 5. The number of methoxy groups -OCH3 is 1. The minimum absolute atomic E-state index is 0.0676. The van der Waals surface area contributed by atoms with Crippen LogP contribution in [-0.2, 0) is 12.8 Å². The van der Waals surface area contributed by atoms with E-state index < -0.39 is 0 Å². The molecule has 0 aliphatic heterocycles. The summed E-state index contributed by atoms with van der Waals surface area (Å²) in [6.45, 7) is 0.561. The third kappa shape index (κ3) is 3.48. The fourth-order valence-electron chi connectivity index (χ4n) is 3.07. The molecule has 6 heteroatoms. The second-order valence-electron chi connectivity index (χ2n) is 5.86. The molecule has 0 spiro atoms. The molecule has 5 nitrogen and oxygen atoms in total. The van der Waals surface area contributed by atoms with Crippen molar-refractivity contribution < 1.29 is 9.53 Å². The van der Waals surface area contributed by atoms with Gasteiger partial charge in [0.2, 0.25) is 0 Å². The first-order chi connectivity index (χ1) is 11.7. The summed E-state index contributed by atoms with van der Waals surface area (Å²) in [5.41, 5.74) is 2.83. The molecule has 126 valence electrons. The zero-order valence-electron chi connectivity index (χ0n) is 13.6. The van der Waals surface area contributed by atoms with Crippen molar-refractivity contribution in [3.05, 3.63) is 56.1 Å². The summed E-state index contributed by atoms with van der Waals surface area (Å²) in [5, 5.41) is 8.02. The largest absolute Gasteiger partial charge is 0.497 e. The Bertz CT molecular complexity index is 742. The van der Waals surface area contributed by atoms with Gasteiger partial charge in [-0.3, -0.25) is 4.79 Å². The lowest BCUT2D eigenvalue weighted by molar-refractivity contribution is 0.0953. The van der Waals surface area contributed by atoms with Crippen molar-refractivity contribution in [2.24, 2.45) is 5.18 Å². The number of nitroso groups, excluding NO2 is 1. The van der Waals surface area contributed by atoms with Crippen LogP contribution in [0.3, 0.4) is 0 Å². The standard InChI is InChI=1S/C18H20N2O3S/c1-23-13-5-2-4-12(10-13)8-9-19-18(21)15-11-24-17-14(15)6-3-7-16(17)20-22/h2,4-5,10-11,16H,3,6-9H2,1H3,(H,19,21). The van der Waals surface area contributed by atoms with E-state index in [4.69, 9.17) is 4.74 Å². The van der Waals surface area contributed by atoms with Gasteiger partial charge >= 0.3 is 0 Å². The average molecular weight is 344 g/mol. The third-order valence-corrected chi connectivity index (χ3v) is 5.46. The van der Waals surface area contributed by atoms with E-state index in [1.165, 1.54) is 11.3 Å². The van der Waals surface area contributed by atoms with E-state index in [-0.39, 0.29) is 11.9 Å². The van der Waals surface area contributed by atoms with Crippen LogP contribution >= 0.6 is 11.3 Å². The summed E-state index contributed by atoms with van der Waals surface area (Å²) in [7, 11) is 1.64. The lowest BCUT2D eigenvalue weighted by Gasteiger charge is -2.17. The smallest absolute Gasteiger partial charge is 0.252 e. The van der Waals surface area contributed by atoms with Crippen molar-refractivity contribution in [1.82, 2.24) is 5.32 Å². The number of carbonyl (C=O) groups excluding carboxylic acids is 1. The number of nitrogens with one attached hydrogen (secondary N) is 1. The van der Waals surface area contributed by atoms with E-state index in [0.717, 1.165) is 47.4 Å². The Labute approximate surface area is 145 Å². The molecule has 0 fully saturated rings. The van der Waals surface area contributed by atoms with Crippen LogP contribution in [0.25, 0.3) is 0 Å². The lowest BCUT2D eigenvalue weighted by atomic mass is 9.92. The molecule has 1 unspecified atom stereocenters. The predicted molar refractivity (Wildman–Crippen MR) is 94.8 cm³/mol. The Morgan fingerprint density at radius 2 is 2.33 bits per heavy atom. The van der Waals surface area contributed by atoms with Gasteiger partial charge in [-0.05, 0) is 48.9 Å². The summed E-state index contributed by atoms with van der Waals surface area (Å²) >= 11 is 1.48. The van der Waals surface area contributed by atoms with Crippen LogP contribution in [0.1, 0.15) is 45.2 Å². The highest BCUT2D eigenvalue weighted by atomic mass is 32.1. The Morgan fingerprint density at radius 1 is 1.46 bits per heavy atom. The van der Waals surface area contributed by atoms with Crippen molar-refractivity contribution in [3.8, 4) is 5.75 Å². The molecule has 1 atom stereocenters. The summed E-state index contributed by atoms with van der Waals surface area (Å²) in [6.07, 6.45) is 3.29. The van der Waals surface area contributed by atoms with Crippen molar-refractivity contribution >= 4 is 17.2 Å². The summed E-state index contributed by atoms with van der Waals surface area (Å²) in [5.74, 6) is 0.750. The Kier molecular flexibility index (Phi) is 5.25. The summed E-state index contributed by atoms with van der Waals surface area (Å²) in [6, 6.07) is 7.55. The van der Waals surface area contributed by atoms with Crippen LogP contribution in [0, 0.1) is 4.91 Å². The van der Waals surface area contributed by atoms with E-state index in [1.807, 2.05) is 29.6 Å². The Balaban J connectivity index is 1.61. The number of hydrogen-bond donors (Lipinski definition) is 1. The Hall–Kier alpha value is -2.21. The van der Waals surface area contributed by atoms with E-state index in [0.29, 0.717) is 12.1 Å². The lowest BCUT2D eigenvalue weighted by Crippen LogP contribution is -2.26. The molecule has 0 saturated carbocycles. The topological polar surface area (TPSA) is 67.8 Å². The normalized spacial score (nSPS) is 16.3. The van der Waals surface area contributed by atoms with Gasteiger partial charge in [0.1, 0.15) is 11.8 Å². The predicted octanol–water partition coefficient (Wildman–Crippen LogP) is 3.87. The monoisotopic (exact) mass is 344 g/mol. The zero-order chi connectivity index (χ0) is 16.9. The first-order valence-electron chi connectivity index (χ1n) is 8.06. The second kappa shape index (κ2) is 7.57. The number of ether oxygens (including phenoxy) is 1. The molecule has 1 heterocycles. The van der Waals surface area contributed by atoms with Gasteiger partial charge in [0.25, 0.3) is 5.91 Å². The molecule has 24 heavy (non-hydrogen) atoms. The van der Waals surface area contributed by atoms with Gasteiger partial charge in [0.05, 0.1) is 12.7 Å². The highest BCUT2D eigenvalue weighted by Crippen LogP contribution is 2.38. The van der Waals surface area contributed by atoms with Crippen LogP contribution < -0.4 is 10.1 Å². The van der Waals surface area contributed by atoms with Crippen molar-refractivity contribution in [2.75, 3.05) is 13.7 Å². The van der Waals surface area contributed by atoms with Gasteiger partial charge in [0.15, 0.2) is 0 Å². The molecular weight excluding hydrogens is 324 g/mol. The van der Waals surface area contributed by atoms with Gasteiger partial charge in [-0.25, -0.2) is 0 Å². The van der Waals surface area contributed by atoms with Crippen LogP contribution in [0.2, 0.25) is 0 Å². The number of rotatable bonds is 6. The molecule has 1 amide bonds. The number of thiophene rings is 1. The average Bonchev–Trinajstić information content (AvgIpc) is 3.06. The van der Waals surface area contributed by atoms with Gasteiger partial charge in [-0.15, -0.1) is 11.3 Å². The molecule has 2 aromatic rings. The van der Waals surface area contributed by atoms with E-state index in [2.05, 4.69) is 10.5 Å². The number of amides is 1. The maximum atomic E-state index is 12.4. The molecule has 1 aromatic carbocycles. The number of carbonyl (C=O) groups is 1. The molecule has 1 aliphatic carbocycles. The summed E-state index contributed by atoms with van der Waals surface area (Å²) < 4.78 is 5.20. The Morgan fingerprint density at radius 3 is 3.12 bits per heavy atom. The minimum Gasteiger partial charge on any atom is -0.497 e. The van der Waals surface area contributed by atoms with Gasteiger partial charge < -0.3 is 10.1 Å². The number of benzene rings is 1. The minimum atomic E-state index is -0.280. The fraction of sp³-hybridized carbons (Fsp3) is 0.389. The van der Waals surface area contributed by atoms with E-state index in [1.54, 1.807) is 7.11 Å². The van der Waals surface area contributed by atoms with Gasteiger partial charge in [0, 0.05) is 16.8 Å². The molecule has 0 saturated heterocycles. The molecule has 3 rings (SSSR count). The zero-order valence-corrected chi connectivity index (χ0v) is 14.4. The number of nitrogens with zero attached hydrogens (tertiary/aromatic N) is 1. The maximum Gasteiger partial charge on any atom is 0.252 e. The molecule has 1 N–H and O–H groups in total. The van der Waals surface area contributed by atoms with Crippen molar-refractivity contribution in [1.29, 1.82) is 0 Å². The highest BCUT2D eigenvalue weighted by molar-refractivity contribution is 7.10. The molecular formula is C18H20N2O3S. The molecule has 1 aromatic heterocycles.